The molecule has 0 saturated carbocycles. The highest BCUT2D eigenvalue weighted by atomic mass is 16.6. The SMILES string of the molecule is O=C=NC1C[NH+]1C(=O)OCCOC(=O)c1ccc(C(=O)OCCOC(=O)NCCC=O)cc1. The maximum absolute atomic E-state index is 12.0. The van der Waals surface area contributed by atoms with Crippen LogP contribution in [0.1, 0.15) is 27.1 Å². The van der Waals surface area contributed by atoms with E-state index in [9.17, 15) is 28.8 Å². The normalized spacial score (nSPS) is 15.9. The van der Waals surface area contributed by atoms with Gasteiger partial charge in [-0.1, -0.05) is 0 Å². The standard InChI is InChI=1S/C20H21N3O10/c24-7-1-6-21-19(28)32-10-8-30-17(26)14-2-4-15(5-3-14)18(27)31-9-11-33-20(29)23-12-16(23)22-13-25/h2-5,7,16H,1,6,8-12H2,(H,21,28)/p+1. The molecule has 1 aliphatic heterocycles. The van der Waals surface area contributed by atoms with E-state index >= 15 is 0 Å². The van der Waals surface area contributed by atoms with E-state index in [1.54, 1.807) is 0 Å². The number of quaternary nitrogens is 1. The fourth-order valence-corrected chi connectivity index (χ4v) is 2.38. The van der Waals surface area contributed by atoms with Crippen molar-refractivity contribution in [3.05, 3.63) is 35.4 Å². The number of ether oxygens (including phenoxy) is 4. The lowest BCUT2D eigenvalue weighted by Gasteiger charge is -2.08. The van der Waals surface area contributed by atoms with Gasteiger partial charge >= 0.3 is 24.1 Å². The van der Waals surface area contributed by atoms with E-state index in [2.05, 4.69) is 10.3 Å². The minimum absolute atomic E-state index is 0.153. The van der Waals surface area contributed by atoms with Crippen molar-refractivity contribution in [2.45, 2.75) is 12.6 Å². The molecule has 2 rings (SSSR count). The number of isocyanates is 1. The van der Waals surface area contributed by atoms with Gasteiger partial charge in [-0.15, -0.1) is 4.99 Å². The molecule has 1 aromatic rings. The Morgan fingerprint density at radius 3 is 2.06 bits per heavy atom. The largest absolute Gasteiger partial charge is 0.516 e. The summed E-state index contributed by atoms with van der Waals surface area (Å²) in [4.78, 5) is 70.9. The van der Waals surface area contributed by atoms with E-state index in [1.807, 2.05) is 0 Å². The number of alkyl carbamates (subject to hydrolysis) is 3. The van der Waals surface area contributed by atoms with Crippen LogP contribution in [0.25, 0.3) is 0 Å². The predicted molar refractivity (Wildman–Crippen MR) is 106 cm³/mol. The average molecular weight is 464 g/mol. The Kier molecular flexibility index (Phi) is 10.2. The van der Waals surface area contributed by atoms with Crippen molar-refractivity contribution >= 4 is 36.5 Å². The summed E-state index contributed by atoms with van der Waals surface area (Å²) in [6.07, 6.45) is 0.403. The van der Waals surface area contributed by atoms with Crippen LogP contribution in [0.4, 0.5) is 9.59 Å². The molecule has 13 nitrogen and oxygen atoms in total. The first-order valence-electron chi connectivity index (χ1n) is 9.84. The molecule has 0 bridgehead atoms. The maximum atomic E-state index is 12.0. The molecule has 2 unspecified atom stereocenters. The highest BCUT2D eigenvalue weighted by Gasteiger charge is 2.48. The molecule has 1 fully saturated rings. The van der Waals surface area contributed by atoms with E-state index in [0.29, 0.717) is 17.7 Å². The summed E-state index contributed by atoms with van der Waals surface area (Å²) in [5, 5.41) is 2.34. The predicted octanol–water partition coefficient (Wildman–Crippen LogP) is -0.988. The number of benzene rings is 1. The van der Waals surface area contributed by atoms with E-state index in [4.69, 9.17) is 18.9 Å². The lowest BCUT2D eigenvalue weighted by Crippen LogP contribution is -2.97. The molecule has 1 aromatic carbocycles. The van der Waals surface area contributed by atoms with Crippen molar-refractivity contribution in [3.63, 3.8) is 0 Å². The first-order valence-corrected chi connectivity index (χ1v) is 9.84. The Morgan fingerprint density at radius 1 is 0.970 bits per heavy atom. The molecule has 176 valence electrons. The molecule has 2 atom stereocenters. The highest BCUT2D eigenvalue weighted by Crippen LogP contribution is 2.08. The number of aldehydes is 1. The van der Waals surface area contributed by atoms with Crippen molar-refractivity contribution in [2.24, 2.45) is 4.99 Å². The number of esters is 2. The Morgan fingerprint density at radius 2 is 1.52 bits per heavy atom. The zero-order valence-electron chi connectivity index (χ0n) is 17.4. The molecule has 0 aliphatic carbocycles. The van der Waals surface area contributed by atoms with Crippen LogP contribution in [0.2, 0.25) is 0 Å². The minimum atomic E-state index is -0.729. The molecular weight excluding hydrogens is 442 g/mol. The number of hydrogen-bond acceptors (Lipinski definition) is 11. The summed E-state index contributed by atoms with van der Waals surface area (Å²) in [5.41, 5.74) is 0.343. The molecule has 13 heteroatoms. The highest BCUT2D eigenvalue weighted by molar-refractivity contribution is 5.93. The number of rotatable bonds is 12. The van der Waals surface area contributed by atoms with Crippen LogP contribution >= 0.6 is 0 Å². The molecular formula is C20H22N3O10+. The summed E-state index contributed by atoms with van der Waals surface area (Å²) >= 11 is 0. The van der Waals surface area contributed by atoms with E-state index in [0.717, 1.165) is 0 Å². The van der Waals surface area contributed by atoms with Gasteiger partial charge in [0.25, 0.3) is 6.17 Å². The first-order chi connectivity index (χ1) is 16.0. The van der Waals surface area contributed by atoms with Gasteiger partial charge in [0.05, 0.1) is 11.1 Å². The second-order valence-corrected chi connectivity index (χ2v) is 6.47. The van der Waals surface area contributed by atoms with Gasteiger partial charge in [-0.3, -0.25) is 0 Å². The van der Waals surface area contributed by atoms with Gasteiger partial charge in [0.15, 0.2) is 6.54 Å². The Hall–Kier alpha value is -4.09. The summed E-state index contributed by atoms with van der Waals surface area (Å²) in [7, 11) is 0. The van der Waals surface area contributed by atoms with Gasteiger partial charge in [0.1, 0.15) is 32.7 Å². The fourth-order valence-electron chi connectivity index (χ4n) is 2.38. The van der Waals surface area contributed by atoms with Crippen LogP contribution < -0.4 is 10.2 Å². The third-order valence-corrected chi connectivity index (χ3v) is 4.11. The number of nitrogens with zero attached hydrogens (tertiary/aromatic N) is 1. The number of carbonyl (C=O) groups excluding carboxylic acids is 6. The lowest BCUT2D eigenvalue weighted by atomic mass is 10.1. The summed E-state index contributed by atoms with van der Waals surface area (Å²) in [6, 6.07) is 5.46. The molecule has 1 saturated heterocycles. The van der Waals surface area contributed by atoms with Gasteiger partial charge in [-0.05, 0) is 24.3 Å². The zero-order chi connectivity index (χ0) is 24.1. The number of nitrogens with one attached hydrogen (secondary N) is 2. The lowest BCUT2D eigenvalue weighted by molar-refractivity contribution is -0.690. The molecule has 0 aromatic heterocycles. The number of carbonyl (C=O) groups is 5. The number of amides is 2. The molecule has 2 amide bonds. The van der Waals surface area contributed by atoms with Gasteiger partial charge in [-0.2, -0.15) is 9.69 Å². The van der Waals surface area contributed by atoms with Gasteiger partial charge < -0.3 is 29.1 Å². The van der Waals surface area contributed by atoms with Gasteiger partial charge in [0, 0.05) is 13.0 Å². The summed E-state index contributed by atoms with van der Waals surface area (Å²) in [5.74, 6) is -1.36. The quantitative estimate of drug-likeness (QED) is 0.0745. The molecule has 0 spiro atoms. The molecule has 1 aliphatic rings. The average Bonchev–Trinajstić information content (AvgIpc) is 3.59. The topological polar surface area (TPSA) is 168 Å². The Labute approximate surface area is 187 Å². The van der Waals surface area contributed by atoms with E-state index in [-0.39, 0.29) is 50.5 Å². The van der Waals surface area contributed by atoms with Crippen molar-refractivity contribution in [3.8, 4) is 0 Å². The number of hydrogen-bond donors (Lipinski definition) is 2. The van der Waals surface area contributed by atoms with Crippen LogP contribution in [0.15, 0.2) is 29.3 Å². The first kappa shape index (κ1) is 25.2. The van der Waals surface area contributed by atoms with E-state index < -0.39 is 30.3 Å². The van der Waals surface area contributed by atoms with Crippen LogP contribution in [0.5, 0.6) is 0 Å². The number of aliphatic imine (C=N–C) groups is 1. The third kappa shape index (κ3) is 8.89. The Balaban J connectivity index is 1.62. The summed E-state index contributed by atoms with van der Waals surface area (Å²) < 4.78 is 19.6. The smallest absolute Gasteiger partial charge is 0.458 e. The maximum Gasteiger partial charge on any atom is 0.516 e. The van der Waals surface area contributed by atoms with Crippen molar-refractivity contribution in [1.82, 2.24) is 5.32 Å². The van der Waals surface area contributed by atoms with Crippen LogP contribution in [0, 0.1) is 0 Å². The second-order valence-electron chi connectivity index (χ2n) is 6.47. The summed E-state index contributed by atoms with van der Waals surface area (Å²) in [6.45, 7) is -0.172. The van der Waals surface area contributed by atoms with Crippen LogP contribution in [-0.4, -0.2) is 82.2 Å². The molecule has 2 N–H and O–H groups in total. The van der Waals surface area contributed by atoms with Crippen molar-refractivity contribution in [2.75, 3.05) is 39.5 Å². The zero-order valence-corrected chi connectivity index (χ0v) is 17.4. The molecule has 1 heterocycles. The van der Waals surface area contributed by atoms with Gasteiger partial charge in [-0.25, -0.2) is 19.2 Å². The fraction of sp³-hybridized carbons (Fsp3) is 0.400. The minimum Gasteiger partial charge on any atom is -0.458 e. The second kappa shape index (κ2) is 13.3. The van der Waals surface area contributed by atoms with Gasteiger partial charge in [0.2, 0.25) is 6.08 Å². The molecule has 0 radical (unpaired) electrons. The third-order valence-electron chi connectivity index (χ3n) is 4.11. The molecule has 33 heavy (non-hydrogen) atoms. The van der Waals surface area contributed by atoms with Crippen LogP contribution in [-0.2, 0) is 28.5 Å². The van der Waals surface area contributed by atoms with E-state index in [1.165, 1.54) is 30.3 Å². The van der Waals surface area contributed by atoms with Crippen LogP contribution in [0.3, 0.4) is 0 Å². The van der Waals surface area contributed by atoms with Crippen molar-refractivity contribution < 1.29 is 52.6 Å². The van der Waals surface area contributed by atoms with Crippen molar-refractivity contribution in [1.29, 1.82) is 0 Å². The Bertz CT molecular complexity index is 911. The monoisotopic (exact) mass is 464 g/mol.